The number of carbonyl (C=O) groups is 1. The first-order valence-corrected chi connectivity index (χ1v) is 8.72. The van der Waals surface area contributed by atoms with Gasteiger partial charge in [-0.25, -0.2) is 4.98 Å². The van der Waals surface area contributed by atoms with Gasteiger partial charge < -0.3 is 10.2 Å². The van der Waals surface area contributed by atoms with Crippen molar-refractivity contribution < 1.29 is 4.79 Å². The van der Waals surface area contributed by atoms with E-state index < -0.39 is 0 Å². The van der Waals surface area contributed by atoms with Crippen LogP contribution in [0, 0.1) is 0 Å². The molecule has 1 fully saturated rings. The van der Waals surface area contributed by atoms with Crippen molar-refractivity contribution in [3.8, 4) is 0 Å². The normalized spacial score (nSPS) is 14.3. The van der Waals surface area contributed by atoms with E-state index in [4.69, 9.17) is 11.6 Å². The van der Waals surface area contributed by atoms with Crippen molar-refractivity contribution in [3.05, 3.63) is 45.9 Å². The molecular formula is C16H18ClN3OS. The molecule has 4 nitrogen and oxygen atoms in total. The first kappa shape index (κ1) is 15.3. The van der Waals surface area contributed by atoms with E-state index in [1.165, 1.54) is 12.8 Å². The molecule has 0 saturated carbocycles. The van der Waals surface area contributed by atoms with Gasteiger partial charge in [0.05, 0.1) is 16.3 Å². The number of benzene rings is 1. The third-order valence-electron chi connectivity index (χ3n) is 3.70. The van der Waals surface area contributed by atoms with Crippen molar-refractivity contribution >= 4 is 34.0 Å². The summed E-state index contributed by atoms with van der Waals surface area (Å²) in [7, 11) is 0. The minimum atomic E-state index is -0.138. The smallest absolute Gasteiger partial charge is 0.252 e. The molecule has 0 spiro atoms. The zero-order valence-corrected chi connectivity index (χ0v) is 13.8. The summed E-state index contributed by atoms with van der Waals surface area (Å²) in [5.41, 5.74) is 1.55. The largest absolute Gasteiger partial charge is 0.352 e. The Labute approximate surface area is 139 Å². The monoisotopic (exact) mass is 335 g/mol. The van der Waals surface area contributed by atoms with Gasteiger partial charge in [-0.1, -0.05) is 23.7 Å². The average molecular weight is 336 g/mol. The van der Waals surface area contributed by atoms with Crippen molar-refractivity contribution in [2.45, 2.75) is 19.3 Å². The molecule has 1 aliphatic rings. The highest BCUT2D eigenvalue weighted by atomic mass is 35.5. The number of amides is 1. The van der Waals surface area contributed by atoms with Crippen LogP contribution in [0.1, 0.15) is 28.9 Å². The summed E-state index contributed by atoms with van der Waals surface area (Å²) in [5, 5.41) is 6.55. The van der Waals surface area contributed by atoms with Gasteiger partial charge in [-0.2, -0.15) is 0 Å². The maximum atomic E-state index is 12.0. The first-order valence-electron chi connectivity index (χ1n) is 7.46. The molecule has 3 rings (SSSR count). The second kappa shape index (κ2) is 7.11. The lowest BCUT2D eigenvalue weighted by atomic mass is 10.2. The van der Waals surface area contributed by atoms with Crippen LogP contribution in [0.15, 0.2) is 29.6 Å². The van der Waals surface area contributed by atoms with Gasteiger partial charge in [-0.3, -0.25) is 4.79 Å². The fraction of sp³-hybridized carbons (Fsp3) is 0.375. The topological polar surface area (TPSA) is 45.2 Å². The minimum absolute atomic E-state index is 0.138. The number of thiazole rings is 1. The molecule has 0 bridgehead atoms. The van der Waals surface area contributed by atoms with Crippen LogP contribution in [-0.4, -0.2) is 30.5 Å². The number of nitrogens with one attached hydrogen (secondary N) is 1. The van der Waals surface area contributed by atoms with E-state index in [1.807, 2.05) is 12.1 Å². The Kier molecular flexibility index (Phi) is 4.95. The molecular weight excluding hydrogens is 318 g/mol. The minimum Gasteiger partial charge on any atom is -0.352 e. The molecule has 2 aromatic rings. The third kappa shape index (κ3) is 3.59. The van der Waals surface area contributed by atoms with Crippen LogP contribution in [0.2, 0.25) is 5.02 Å². The molecule has 1 aromatic carbocycles. The summed E-state index contributed by atoms with van der Waals surface area (Å²) in [6.45, 7) is 2.78. The van der Waals surface area contributed by atoms with E-state index in [9.17, 15) is 4.79 Å². The van der Waals surface area contributed by atoms with Gasteiger partial charge in [0.1, 0.15) is 0 Å². The molecule has 6 heteroatoms. The summed E-state index contributed by atoms with van der Waals surface area (Å²) in [6, 6.07) is 7.07. The molecule has 1 aliphatic heterocycles. The van der Waals surface area contributed by atoms with E-state index in [-0.39, 0.29) is 5.91 Å². The highest BCUT2D eigenvalue weighted by molar-refractivity contribution is 7.13. The summed E-state index contributed by atoms with van der Waals surface area (Å²) in [5.74, 6) is -0.138. The van der Waals surface area contributed by atoms with E-state index >= 15 is 0 Å². The quantitative estimate of drug-likeness (QED) is 0.911. The van der Waals surface area contributed by atoms with E-state index in [0.29, 0.717) is 17.1 Å². The van der Waals surface area contributed by atoms with Crippen molar-refractivity contribution in [2.75, 3.05) is 24.5 Å². The Morgan fingerprint density at radius 1 is 1.32 bits per heavy atom. The number of carbonyl (C=O) groups excluding carboxylic acids is 1. The SMILES string of the molecule is O=C(NCCc1csc(N2CCCC2)n1)c1ccccc1Cl. The number of aromatic nitrogens is 1. The Hall–Kier alpha value is -1.59. The van der Waals surface area contributed by atoms with Gasteiger partial charge in [0.15, 0.2) is 5.13 Å². The Bertz CT molecular complexity index is 652. The Balaban J connectivity index is 1.51. The number of nitrogens with zero attached hydrogens (tertiary/aromatic N) is 2. The summed E-state index contributed by atoms with van der Waals surface area (Å²) in [6.07, 6.45) is 3.24. The molecule has 0 atom stereocenters. The average Bonchev–Trinajstić information content (AvgIpc) is 3.18. The van der Waals surface area contributed by atoms with Gasteiger partial charge >= 0.3 is 0 Å². The van der Waals surface area contributed by atoms with E-state index in [0.717, 1.165) is 30.3 Å². The number of hydrogen-bond donors (Lipinski definition) is 1. The summed E-state index contributed by atoms with van der Waals surface area (Å²) < 4.78 is 0. The summed E-state index contributed by atoms with van der Waals surface area (Å²) >= 11 is 7.70. The zero-order valence-electron chi connectivity index (χ0n) is 12.2. The fourth-order valence-corrected chi connectivity index (χ4v) is 3.64. The van der Waals surface area contributed by atoms with Crippen LogP contribution in [0.5, 0.6) is 0 Å². The van der Waals surface area contributed by atoms with Gasteiger partial charge in [0.25, 0.3) is 5.91 Å². The molecule has 1 saturated heterocycles. The van der Waals surface area contributed by atoms with Gasteiger partial charge in [0.2, 0.25) is 0 Å². The standard InChI is InChI=1S/C16H18ClN3OS/c17-14-6-2-1-5-13(14)15(21)18-8-7-12-11-22-16(19-12)20-9-3-4-10-20/h1-2,5-6,11H,3-4,7-10H2,(H,18,21). The van der Waals surface area contributed by atoms with E-state index in [2.05, 4.69) is 20.6 Å². The summed E-state index contributed by atoms with van der Waals surface area (Å²) in [4.78, 5) is 19.0. The lowest BCUT2D eigenvalue weighted by molar-refractivity contribution is 0.0954. The number of halogens is 1. The van der Waals surface area contributed by atoms with Crippen LogP contribution in [0.4, 0.5) is 5.13 Å². The molecule has 116 valence electrons. The molecule has 2 heterocycles. The van der Waals surface area contributed by atoms with Crippen LogP contribution in [-0.2, 0) is 6.42 Å². The van der Waals surface area contributed by atoms with Crippen LogP contribution >= 0.6 is 22.9 Å². The number of rotatable bonds is 5. The molecule has 22 heavy (non-hydrogen) atoms. The first-order chi connectivity index (χ1) is 10.7. The van der Waals surface area contributed by atoms with Crippen molar-refractivity contribution in [2.24, 2.45) is 0 Å². The fourth-order valence-electron chi connectivity index (χ4n) is 2.51. The van der Waals surface area contributed by atoms with Crippen molar-refractivity contribution in [1.82, 2.24) is 10.3 Å². The van der Waals surface area contributed by atoms with Crippen LogP contribution in [0.25, 0.3) is 0 Å². The highest BCUT2D eigenvalue weighted by Crippen LogP contribution is 2.24. The predicted octanol–water partition coefficient (Wildman–Crippen LogP) is 3.37. The number of hydrogen-bond acceptors (Lipinski definition) is 4. The van der Waals surface area contributed by atoms with Gasteiger partial charge in [0, 0.05) is 31.4 Å². The second-order valence-electron chi connectivity index (χ2n) is 5.30. The highest BCUT2D eigenvalue weighted by Gasteiger charge is 2.15. The predicted molar refractivity (Wildman–Crippen MR) is 91.1 cm³/mol. The third-order valence-corrected chi connectivity index (χ3v) is 4.98. The maximum absolute atomic E-state index is 12.0. The van der Waals surface area contributed by atoms with Crippen molar-refractivity contribution in [3.63, 3.8) is 0 Å². The lowest BCUT2D eigenvalue weighted by Gasteiger charge is -2.12. The van der Waals surface area contributed by atoms with Crippen molar-refractivity contribution in [1.29, 1.82) is 0 Å². The van der Waals surface area contributed by atoms with Crippen LogP contribution < -0.4 is 10.2 Å². The molecule has 0 unspecified atom stereocenters. The van der Waals surface area contributed by atoms with Gasteiger partial charge in [-0.05, 0) is 25.0 Å². The Morgan fingerprint density at radius 2 is 2.09 bits per heavy atom. The molecule has 0 aliphatic carbocycles. The molecule has 1 amide bonds. The Morgan fingerprint density at radius 3 is 2.86 bits per heavy atom. The molecule has 0 radical (unpaired) electrons. The second-order valence-corrected chi connectivity index (χ2v) is 6.55. The van der Waals surface area contributed by atoms with Gasteiger partial charge in [-0.15, -0.1) is 11.3 Å². The zero-order chi connectivity index (χ0) is 15.4. The van der Waals surface area contributed by atoms with E-state index in [1.54, 1.807) is 23.5 Å². The molecule has 1 aromatic heterocycles. The van der Waals surface area contributed by atoms with Crippen LogP contribution in [0.3, 0.4) is 0 Å². The molecule has 1 N–H and O–H groups in total. The number of anilines is 1. The maximum Gasteiger partial charge on any atom is 0.252 e. The lowest BCUT2D eigenvalue weighted by Crippen LogP contribution is -2.26.